The molecule has 0 aromatic carbocycles. The predicted molar refractivity (Wildman–Crippen MR) is 76.1 cm³/mol. The first-order chi connectivity index (χ1) is 8.61. The molecular weight excluding hydrogens is 270 g/mol. The van der Waals surface area contributed by atoms with Crippen LogP contribution in [0.1, 0.15) is 24.3 Å². The molecule has 100 valence electrons. The monoisotopic (exact) mass is 287 g/mol. The number of thiazole rings is 1. The topological polar surface area (TPSA) is 36.4 Å². The molecule has 4 nitrogen and oxygen atoms in total. The maximum absolute atomic E-state index is 11.4. The number of piperazine rings is 1. The van der Waals surface area contributed by atoms with Crippen LogP contribution in [-0.2, 0) is 0 Å². The van der Waals surface area contributed by atoms with Crippen LogP contribution in [0.4, 0.5) is 5.13 Å². The van der Waals surface area contributed by atoms with Gasteiger partial charge in [-0.25, -0.2) is 4.98 Å². The summed E-state index contributed by atoms with van der Waals surface area (Å²) in [6, 6.07) is 0.594. The normalized spacial score (nSPS) is 17.4. The summed E-state index contributed by atoms with van der Waals surface area (Å²) < 4.78 is 0. The van der Waals surface area contributed by atoms with Crippen LogP contribution in [0.15, 0.2) is 5.38 Å². The van der Waals surface area contributed by atoms with Gasteiger partial charge in [0.15, 0.2) is 10.9 Å². The molecular formula is C12H18ClN3OS. The molecule has 0 radical (unpaired) electrons. The molecule has 1 aliphatic heterocycles. The van der Waals surface area contributed by atoms with Gasteiger partial charge in [-0.2, -0.15) is 0 Å². The second kappa shape index (κ2) is 5.99. The lowest BCUT2D eigenvalue weighted by Crippen LogP contribution is -2.48. The molecule has 1 aliphatic rings. The van der Waals surface area contributed by atoms with Crippen molar-refractivity contribution in [3.05, 3.63) is 11.1 Å². The third kappa shape index (κ3) is 3.02. The van der Waals surface area contributed by atoms with Crippen molar-refractivity contribution < 1.29 is 4.79 Å². The Bertz CT molecular complexity index is 413. The van der Waals surface area contributed by atoms with Crippen molar-refractivity contribution in [3.8, 4) is 0 Å². The molecule has 2 rings (SSSR count). The van der Waals surface area contributed by atoms with E-state index in [9.17, 15) is 4.79 Å². The van der Waals surface area contributed by atoms with E-state index in [1.807, 2.05) is 0 Å². The Morgan fingerprint density at radius 3 is 2.67 bits per heavy atom. The standard InChI is InChI=1S/C12H18ClN3OS/c1-9(2)15-3-5-16(6-4-15)12-14-10(8-18-12)11(17)7-13/h8-9H,3-7H2,1-2H3. The summed E-state index contributed by atoms with van der Waals surface area (Å²) >= 11 is 7.06. The van der Waals surface area contributed by atoms with E-state index in [2.05, 4.69) is 28.6 Å². The Labute approximate surface area is 117 Å². The van der Waals surface area contributed by atoms with Gasteiger partial charge in [-0.15, -0.1) is 22.9 Å². The van der Waals surface area contributed by atoms with Crippen molar-refractivity contribution in [1.82, 2.24) is 9.88 Å². The molecule has 0 N–H and O–H groups in total. The van der Waals surface area contributed by atoms with Gasteiger partial charge in [0.05, 0.1) is 5.88 Å². The summed E-state index contributed by atoms with van der Waals surface area (Å²) in [7, 11) is 0. The van der Waals surface area contributed by atoms with Crippen LogP contribution in [0.25, 0.3) is 0 Å². The third-order valence-corrected chi connectivity index (χ3v) is 4.36. The van der Waals surface area contributed by atoms with Gasteiger partial charge in [0.2, 0.25) is 0 Å². The lowest BCUT2D eigenvalue weighted by molar-refractivity contribution is 0.101. The number of rotatable bonds is 4. The minimum absolute atomic E-state index is 0.00427. The Morgan fingerprint density at radius 1 is 1.44 bits per heavy atom. The molecule has 6 heteroatoms. The first-order valence-electron chi connectivity index (χ1n) is 6.15. The maximum atomic E-state index is 11.4. The van der Waals surface area contributed by atoms with Gasteiger partial charge in [0, 0.05) is 37.6 Å². The molecule has 0 amide bonds. The predicted octanol–water partition coefficient (Wildman–Crippen LogP) is 2.09. The minimum atomic E-state index is -0.0972. The van der Waals surface area contributed by atoms with Crippen molar-refractivity contribution in [2.24, 2.45) is 0 Å². The SMILES string of the molecule is CC(C)N1CCN(c2nc(C(=O)CCl)cs2)CC1. The highest BCUT2D eigenvalue weighted by atomic mass is 35.5. The molecule has 0 spiro atoms. The number of aromatic nitrogens is 1. The summed E-state index contributed by atoms with van der Waals surface area (Å²) in [6.07, 6.45) is 0. The zero-order chi connectivity index (χ0) is 13.1. The number of hydrogen-bond donors (Lipinski definition) is 0. The van der Waals surface area contributed by atoms with Crippen LogP contribution < -0.4 is 4.90 Å². The Hall–Kier alpha value is -0.650. The molecule has 2 heterocycles. The first kappa shape index (κ1) is 13.8. The highest BCUT2D eigenvalue weighted by molar-refractivity contribution is 7.14. The van der Waals surface area contributed by atoms with Gasteiger partial charge in [-0.05, 0) is 13.8 Å². The molecule has 1 aromatic rings. The fourth-order valence-electron chi connectivity index (χ4n) is 2.04. The number of anilines is 1. The van der Waals surface area contributed by atoms with Gasteiger partial charge >= 0.3 is 0 Å². The van der Waals surface area contributed by atoms with E-state index in [1.165, 1.54) is 11.3 Å². The van der Waals surface area contributed by atoms with Crippen LogP contribution >= 0.6 is 22.9 Å². The van der Waals surface area contributed by atoms with E-state index in [0.29, 0.717) is 11.7 Å². The second-order valence-corrected chi connectivity index (χ2v) is 5.79. The molecule has 0 saturated carbocycles. The minimum Gasteiger partial charge on any atom is -0.346 e. The number of hydrogen-bond acceptors (Lipinski definition) is 5. The van der Waals surface area contributed by atoms with E-state index in [1.54, 1.807) is 5.38 Å². The van der Waals surface area contributed by atoms with Crippen LogP contribution in [0, 0.1) is 0 Å². The van der Waals surface area contributed by atoms with Gasteiger partial charge < -0.3 is 4.90 Å². The van der Waals surface area contributed by atoms with Gasteiger partial charge in [-0.3, -0.25) is 9.69 Å². The quantitative estimate of drug-likeness (QED) is 0.628. The zero-order valence-corrected chi connectivity index (χ0v) is 12.3. The highest BCUT2D eigenvalue weighted by Gasteiger charge is 2.21. The lowest BCUT2D eigenvalue weighted by Gasteiger charge is -2.36. The fraction of sp³-hybridized carbons (Fsp3) is 0.667. The number of ketones is 1. The average molecular weight is 288 g/mol. The smallest absolute Gasteiger partial charge is 0.196 e. The van der Waals surface area contributed by atoms with Crippen molar-refractivity contribution >= 4 is 33.9 Å². The molecule has 1 fully saturated rings. The lowest BCUT2D eigenvalue weighted by atomic mass is 10.2. The zero-order valence-electron chi connectivity index (χ0n) is 10.7. The van der Waals surface area contributed by atoms with E-state index in [4.69, 9.17) is 11.6 Å². The van der Waals surface area contributed by atoms with Crippen LogP contribution in [0.3, 0.4) is 0 Å². The second-order valence-electron chi connectivity index (χ2n) is 4.69. The van der Waals surface area contributed by atoms with Gasteiger partial charge in [-0.1, -0.05) is 0 Å². The molecule has 0 bridgehead atoms. The van der Waals surface area contributed by atoms with Crippen molar-refractivity contribution in [2.75, 3.05) is 37.0 Å². The van der Waals surface area contributed by atoms with E-state index >= 15 is 0 Å². The molecule has 1 aromatic heterocycles. The average Bonchev–Trinajstić information content (AvgIpc) is 2.87. The van der Waals surface area contributed by atoms with Crippen molar-refractivity contribution in [2.45, 2.75) is 19.9 Å². The molecule has 0 aliphatic carbocycles. The van der Waals surface area contributed by atoms with E-state index in [-0.39, 0.29) is 11.7 Å². The van der Waals surface area contributed by atoms with Crippen molar-refractivity contribution in [1.29, 1.82) is 0 Å². The summed E-state index contributed by atoms with van der Waals surface area (Å²) in [4.78, 5) is 20.5. The third-order valence-electron chi connectivity index (χ3n) is 3.21. The van der Waals surface area contributed by atoms with E-state index < -0.39 is 0 Å². The summed E-state index contributed by atoms with van der Waals surface area (Å²) in [6.45, 7) is 8.49. The number of nitrogens with zero attached hydrogens (tertiary/aromatic N) is 3. The molecule has 1 saturated heterocycles. The summed E-state index contributed by atoms with van der Waals surface area (Å²) in [5, 5.41) is 2.74. The molecule has 0 unspecified atom stereocenters. The molecule has 0 atom stereocenters. The number of alkyl halides is 1. The summed E-state index contributed by atoms with van der Waals surface area (Å²) in [5.41, 5.74) is 0.497. The Kier molecular flexibility index (Phi) is 4.59. The fourth-order valence-corrected chi connectivity index (χ4v) is 3.06. The van der Waals surface area contributed by atoms with Crippen molar-refractivity contribution in [3.63, 3.8) is 0 Å². The number of carbonyl (C=O) groups excluding carboxylic acids is 1. The Morgan fingerprint density at radius 2 is 2.11 bits per heavy atom. The molecule has 18 heavy (non-hydrogen) atoms. The van der Waals surface area contributed by atoms with Gasteiger partial charge in [0.25, 0.3) is 0 Å². The Balaban J connectivity index is 1.97. The first-order valence-corrected chi connectivity index (χ1v) is 7.57. The maximum Gasteiger partial charge on any atom is 0.196 e. The van der Waals surface area contributed by atoms with Gasteiger partial charge in [0.1, 0.15) is 5.69 Å². The highest BCUT2D eigenvalue weighted by Crippen LogP contribution is 2.22. The number of carbonyl (C=O) groups is 1. The largest absolute Gasteiger partial charge is 0.346 e. The number of halogens is 1. The van der Waals surface area contributed by atoms with Crippen LogP contribution in [0.5, 0.6) is 0 Å². The van der Waals surface area contributed by atoms with Crippen LogP contribution in [-0.4, -0.2) is 53.8 Å². The summed E-state index contributed by atoms with van der Waals surface area (Å²) in [5.74, 6) is -0.0930. The van der Waals surface area contributed by atoms with Crippen LogP contribution in [0.2, 0.25) is 0 Å². The van der Waals surface area contributed by atoms with E-state index in [0.717, 1.165) is 31.3 Å². The number of Topliss-reactive ketones (excluding diaryl/α,β-unsaturated/α-hetero) is 1.